The maximum atomic E-state index is 12.4. The van der Waals surface area contributed by atoms with Gasteiger partial charge in [-0.1, -0.05) is 30.3 Å². The number of hydrogen-bond acceptors (Lipinski definition) is 4. The van der Waals surface area contributed by atoms with Crippen LogP contribution in [0.1, 0.15) is 5.56 Å². The second-order valence-corrected chi connectivity index (χ2v) is 7.02. The number of piperazine rings is 1. The molecule has 0 aromatic heterocycles. The number of hydrogen-bond donors (Lipinski definition) is 1. The third-order valence-electron chi connectivity index (χ3n) is 3.50. The van der Waals surface area contributed by atoms with Gasteiger partial charge in [0.15, 0.2) is 0 Å². The Bertz CT molecular complexity index is 566. The van der Waals surface area contributed by atoms with Crippen LogP contribution in [-0.2, 0) is 20.6 Å². The number of likely N-dealkylation sites (N-methyl/N-ethyl adjacent to an activating group) is 1. The van der Waals surface area contributed by atoms with Crippen LogP contribution in [0.15, 0.2) is 30.3 Å². The summed E-state index contributed by atoms with van der Waals surface area (Å²) in [4.78, 5) is 13.4. The molecule has 1 fully saturated rings. The van der Waals surface area contributed by atoms with E-state index in [1.807, 2.05) is 30.3 Å². The summed E-state index contributed by atoms with van der Waals surface area (Å²) in [5.41, 5.74) is 0.784. The number of benzene rings is 1. The van der Waals surface area contributed by atoms with Crippen LogP contribution in [-0.4, -0.2) is 63.3 Å². The van der Waals surface area contributed by atoms with E-state index in [4.69, 9.17) is 0 Å². The highest BCUT2D eigenvalue weighted by Crippen LogP contribution is 2.13. The molecule has 1 aliphatic rings. The van der Waals surface area contributed by atoms with Crippen molar-refractivity contribution in [3.63, 3.8) is 0 Å². The van der Waals surface area contributed by atoms with Crippen molar-refractivity contribution in [1.29, 1.82) is 0 Å². The van der Waals surface area contributed by atoms with E-state index in [0.717, 1.165) is 5.56 Å². The minimum absolute atomic E-state index is 0.0117. The number of amides is 1. The summed E-state index contributed by atoms with van der Waals surface area (Å²) in [6, 6.07) is 9.15. The van der Waals surface area contributed by atoms with Crippen LogP contribution in [0.5, 0.6) is 0 Å². The minimum Gasteiger partial charge on any atom is -0.339 e. The molecule has 1 heterocycles. The van der Waals surface area contributed by atoms with Crippen molar-refractivity contribution in [2.75, 3.05) is 39.8 Å². The lowest BCUT2D eigenvalue weighted by atomic mass is 10.2. The molecule has 1 aromatic rings. The van der Waals surface area contributed by atoms with Crippen molar-refractivity contribution in [3.05, 3.63) is 35.9 Å². The number of nitrogens with one attached hydrogen (secondary N) is 1. The predicted octanol–water partition coefficient (Wildman–Crippen LogP) is -0.120. The number of carbonyl (C=O) groups excluding carboxylic acids is 1. The molecule has 1 saturated heterocycles. The lowest BCUT2D eigenvalue weighted by Crippen LogP contribution is -2.52. The molecule has 0 unspecified atom stereocenters. The monoisotopic (exact) mass is 311 g/mol. The topological polar surface area (TPSA) is 69.7 Å². The first-order chi connectivity index (χ1) is 10.0. The molecule has 1 amide bonds. The highest BCUT2D eigenvalue weighted by molar-refractivity contribution is 7.88. The Labute approximate surface area is 125 Å². The summed E-state index contributed by atoms with van der Waals surface area (Å²) < 4.78 is 26.2. The van der Waals surface area contributed by atoms with Crippen molar-refractivity contribution in [2.24, 2.45) is 0 Å². The lowest BCUT2D eigenvalue weighted by molar-refractivity contribution is -0.131. The molecule has 0 radical (unpaired) electrons. The molecule has 0 spiro atoms. The maximum Gasteiger partial charge on any atom is 0.236 e. The van der Waals surface area contributed by atoms with E-state index in [2.05, 4.69) is 5.32 Å². The molecule has 116 valence electrons. The van der Waals surface area contributed by atoms with Gasteiger partial charge in [0.2, 0.25) is 15.9 Å². The number of carbonyl (C=O) groups is 1. The predicted molar refractivity (Wildman–Crippen MR) is 81.1 cm³/mol. The highest BCUT2D eigenvalue weighted by atomic mass is 32.2. The van der Waals surface area contributed by atoms with Crippen LogP contribution in [0.4, 0.5) is 0 Å². The van der Waals surface area contributed by atoms with E-state index < -0.39 is 10.0 Å². The lowest BCUT2D eigenvalue weighted by Gasteiger charge is -2.34. The van der Waals surface area contributed by atoms with Crippen LogP contribution >= 0.6 is 0 Å². The third-order valence-corrected chi connectivity index (χ3v) is 5.35. The van der Waals surface area contributed by atoms with Gasteiger partial charge in [-0.05, 0) is 12.6 Å². The Morgan fingerprint density at radius 3 is 2.33 bits per heavy atom. The Morgan fingerprint density at radius 2 is 1.76 bits per heavy atom. The largest absolute Gasteiger partial charge is 0.339 e. The van der Waals surface area contributed by atoms with Crippen molar-refractivity contribution >= 4 is 15.9 Å². The zero-order valence-electron chi connectivity index (χ0n) is 12.2. The average Bonchev–Trinajstić information content (AvgIpc) is 2.48. The molecule has 21 heavy (non-hydrogen) atoms. The smallest absolute Gasteiger partial charge is 0.236 e. The summed E-state index contributed by atoms with van der Waals surface area (Å²) in [5.74, 6) is 0.0239. The van der Waals surface area contributed by atoms with Crippen LogP contribution in [0.2, 0.25) is 0 Å². The minimum atomic E-state index is -3.32. The quantitative estimate of drug-likeness (QED) is 0.823. The normalized spacial score (nSPS) is 16.9. The molecule has 1 aliphatic heterocycles. The fraction of sp³-hybridized carbons (Fsp3) is 0.500. The van der Waals surface area contributed by atoms with E-state index in [9.17, 15) is 13.2 Å². The van der Waals surface area contributed by atoms with E-state index in [1.54, 1.807) is 11.9 Å². The highest BCUT2D eigenvalue weighted by Gasteiger charge is 2.28. The summed E-state index contributed by atoms with van der Waals surface area (Å²) in [5, 5.41) is 2.82. The van der Waals surface area contributed by atoms with E-state index >= 15 is 0 Å². The van der Waals surface area contributed by atoms with E-state index in [-0.39, 0.29) is 18.2 Å². The summed E-state index contributed by atoms with van der Waals surface area (Å²) >= 11 is 0. The standard InChI is InChI=1S/C14H21N3O3S/c1-15-11-14(18)16-7-9-17(10-8-16)21(19,20)12-13-5-3-2-4-6-13/h2-6,15H,7-12H2,1H3. The van der Waals surface area contributed by atoms with Gasteiger partial charge in [-0.25, -0.2) is 8.42 Å². The molecular weight excluding hydrogens is 290 g/mol. The van der Waals surface area contributed by atoms with Gasteiger partial charge in [0, 0.05) is 26.2 Å². The van der Waals surface area contributed by atoms with Gasteiger partial charge in [0.05, 0.1) is 12.3 Å². The summed E-state index contributed by atoms with van der Waals surface area (Å²) in [7, 11) is -1.60. The van der Waals surface area contributed by atoms with Crippen LogP contribution in [0, 0.1) is 0 Å². The van der Waals surface area contributed by atoms with Gasteiger partial charge in [-0.3, -0.25) is 4.79 Å². The summed E-state index contributed by atoms with van der Waals surface area (Å²) in [6.45, 7) is 1.93. The number of nitrogens with zero attached hydrogens (tertiary/aromatic N) is 2. The van der Waals surface area contributed by atoms with Crippen LogP contribution in [0.3, 0.4) is 0 Å². The van der Waals surface area contributed by atoms with Gasteiger partial charge in [-0.2, -0.15) is 4.31 Å². The SMILES string of the molecule is CNCC(=O)N1CCN(S(=O)(=O)Cc2ccccc2)CC1. The average molecular weight is 311 g/mol. The third kappa shape index (κ3) is 4.26. The fourth-order valence-corrected chi connectivity index (χ4v) is 3.87. The van der Waals surface area contributed by atoms with Crippen LogP contribution < -0.4 is 5.32 Å². The molecule has 2 rings (SSSR count). The van der Waals surface area contributed by atoms with Crippen molar-refractivity contribution in [1.82, 2.24) is 14.5 Å². The Balaban J connectivity index is 1.93. The Morgan fingerprint density at radius 1 is 1.14 bits per heavy atom. The van der Waals surface area contributed by atoms with Gasteiger partial charge in [0.1, 0.15) is 0 Å². The first-order valence-corrected chi connectivity index (χ1v) is 8.58. The van der Waals surface area contributed by atoms with Gasteiger partial charge in [-0.15, -0.1) is 0 Å². The first-order valence-electron chi connectivity index (χ1n) is 6.97. The van der Waals surface area contributed by atoms with E-state index in [1.165, 1.54) is 4.31 Å². The van der Waals surface area contributed by atoms with Crippen molar-refractivity contribution in [3.8, 4) is 0 Å². The molecule has 1 N–H and O–H groups in total. The molecule has 1 aromatic carbocycles. The molecule has 0 atom stereocenters. The second-order valence-electron chi connectivity index (χ2n) is 5.05. The van der Waals surface area contributed by atoms with Gasteiger partial charge < -0.3 is 10.2 Å². The van der Waals surface area contributed by atoms with E-state index in [0.29, 0.717) is 26.2 Å². The maximum absolute atomic E-state index is 12.4. The fourth-order valence-electron chi connectivity index (χ4n) is 2.35. The molecule has 0 bridgehead atoms. The van der Waals surface area contributed by atoms with Crippen LogP contribution in [0.25, 0.3) is 0 Å². The first kappa shape index (κ1) is 15.9. The molecule has 6 nitrogen and oxygen atoms in total. The number of rotatable bonds is 5. The molecular formula is C14H21N3O3S. The Hall–Kier alpha value is -1.44. The summed E-state index contributed by atoms with van der Waals surface area (Å²) in [6.07, 6.45) is 0. The zero-order chi connectivity index (χ0) is 15.3. The van der Waals surface area contributed by atoms with Crippen molar-refractivity contribution < 1.29 is 13.2 Å². The number of sulfonamides is 1. The molecule has 7 heteroatoms. The molecule has 0 saturated carbocycles. The second kappa shape index (κ2) is 7.02. The zero-order valence-corrected chi connectivity index (χ0v) is 13.0. The van der Waals surface area contributed by atoms with Gasteiger partial charge >= 0.3 is 0 Å². The molecule has 0 aliphatic carbocycles. The Kier molecular flexibility index (Phi) is 5.33. The van der Waals surface area contributed by atoms with Crippen molar-refractivity contribution in [2.45, 2.75) is 5.75 Å². The van der Waals surface area contributed by atoms with Gasteiger partial charge in [0.25, 0.3) is 0 Å².